The predicted octanol–water partition coefficient (Wildman–Crippen LogP) is 16.6. The molecule has 0 aliphatic rings. The number of rotatable bonds is 45. The van der Waals surface area contributed by atoms with Crippen LogP contribution in [0.1, 0.15) is 232 Å². The monoisotopic (exact) mass is 835 g/mol. The standard InChI is InChI=1S/C55H94O5/c1-3-5-7-9-11-13-15-17-19-20-21-22-23-24-25-26-27-28-29-30-31-32-33-34-36-38-40-42-44-46-48-50-55(58)60-53(51-56)52-59-54(57)49-47-45-43-41-39-37-35-18-16-14-12-10-8-6-4-2/h5,7,11-14,17-19,21-22,24-25,35,53,56H,3-4,6,8-10,15-16,20,23,26-34,36-52H2,1-2H3/b7-5-,13-11-,14-12-,19-17-,22-21-,25-24-,35-18-. The predicted molar refractivity (Wildman–Crippen MR) is 260 cm³/mol. The van der Waals surface area contributed by atoms with Gasteiger partial charge in [-0.05, 0) is 89.9 Å². The second kappa shape index (κ2) is 50.4. The molecule has 0 aromatic heterocycles. The molecule has 0 heterocycles. The molecule has 0 amide bonds. The van der Waals surface area contributed by atoms with E-state index in [9.17, 15) is 14.7 Å². The molecule has 0 fully saturated rings. The molecule has 0 aromatic carbocycles. The zero-order valence-corrected chi connectivity index (χ0v) is 39.2. The number of hydrogen-bond acceptors (Lipinski definition) is 5. The summed E-state index contributed by atoms with van der Waals surface area (Å²) in [4.78, 5) is 24.4. The van der Waals surface area contributed by atoms with E-state index in [1.54, 1.807) is 0 Å². The molecule has 0 bridgehead atoms. The fraction of sp³-hybridized carbons (Fsp3) is 0.709. The topological polar surface area (TPSA) is 72.8 Å². The highest BCUT2D eigenvalue weighted by molar-refractivity contribution is 5.70. The molecule has 1 unspecified atom stereocenters. The lowest BCUT2D eigenvalue weighted by Gasteiger charge is -2.15. The molecule has 0 saturated carbocycles. The third kappa shape index (κ3) is 47.8. The lowest BCUT2D eigenvalue weighted by molar-refractivity contribution is -0.161. The summed E-state index contributed by atoms with van der Waals surface area (Å²) in [6.45, 7) is 3.99. The van der Waals surface area contributed by atoms with E-state index in [0.29, 0.717) is 12.8 Å². The number of aliphatic hydroxyl groups excluding tert-OH is 1. The number of ether oxygens (including phenoxy) is 2. The van der Waals surface area contributed by atoms with Crippen LogP contribution in [0.3, 0.4) is 0 Å². The second-order valence-electron chi connectivity index (χ2n) is 16.5. The van der Waals surface area contributed by atoms with Gasteiger partial charge in [0.15, 0.2) is 6.10 Å². The van der Waals surface area contributed by atoms with Crippen LogP contribution in [-0.2, 0) is 19.1 Å². The minimum absolute atomic E-state index is 0.0751. The Labute approximate surface area is 371 Å². The van der Waals surface area contributed by atoms with E-state index < -0.39 is 6.10 Å². The van der Waals surface area contributed by atoms with E-state index in [0.717, 1.165) is 83.5 Å². The van der Waals surface area contributed by atoms with E-state index in [1.807, 2.05) is 0 Å². The second-order valence-corrected chi connectivity index (χ2v) is 16.5. The van der Waals surface area contributed by atoms with Crippen molar-refractivity contribution in [2.75, 3.05) is 13.2 Å². The van der Waals surface area contributed by atoms with Crippen molar-refractivity contribution in [3.05, 3.63) is 85.1 Å². The van der Waals surface area contributed by atoms with Gasteiger partial charge in [-0.3, -0.25) is 9.59 Å². The van der Waals surface area contributed by atoms with Crippen molar-refractivity contribution in [1.82, 2.24) is 0 Å². The Bertz CT molecular complexity index is 1130. The number of carbonyl (C=O) groups is 2. The van der Waals surface area contributed by atoms with Crippen LogP contribution in [0.2, 0.25) is 0 Å². The first-order chi connectivity index (χ1) is 29.6. The first-order valence-electron chi connectivity index (χ1n) is 25.1. The van der Waals surface area contributed by atoms with Crippen LogP contribution in [0.15, 0.2) is 85.1 Å². The lowest BCUT2D eigenvalue weighted by Crippen LogP contribution is -2.28. The van der Waals surface area contributed by atoms with Crippen LogP contribution in [0.25, 0.3) is 0 Å². The van der Waals surface area contributed by atoms with Gasteiger partial charge in [-0.1, -0.05) is 214 Å². The minimum Gasteiger partial charge on any atom is -0.462 e. The Hall–Kier alpha value is -2.92. The maximum absolute atomic E-state index is 12.3. The number of unbranched alkanes of at least 4 members (excludes halogenated alkanes) is 23. The summed E-state index contributed by atoms with van der Waals surface area (Å²) in [5.41, 5.74) is 0. The first kappa shape index (κ1) is 57.1. The zero-order valence-electron chi connectivity index (χ0n) is 39.2. The van der Waals surface area contributed by atoms with E-state index in [2.05, 4.69) is 98.9 Å². The summed E-state index contributed by atoms with van der Waals surface area (Å²) in [7, 11) is 0. The Morgan fingerprint density at radius 2 is 0.717 bits per heavy atom. The first-order valence-corrected chi connectivity index (χ1v) is 25.1. The summed E-state index contributed by atoms with van der Waals surface area (Å²) in [6.07, 6.45) is 69.6. The van der Waals surface area contributed by atoms with Gasteiger partial charge in [0.1, 0.15) is 6.61 Å². The fourth-order valence-electron chi connectivity index (χ4n) is 6.91. The lowest BCUT2D eigenvalue weighted by atomic mass is 10.0. The van der Waals surface area contributed by atoms with E-state index in [4.69, 9.17) is 9.47 Å². The maximum atomic E-state index is 12.3. The summed E-state index contributed by atoms with van der Waals surface area (Å²) in [5.74, 6) is -0.606. The van der Waals surface area contributed by atoms with E-state index >= 15 is 0 Å². The smallest absolute Gasteiger partial charge is 0.306 e. The number of esters is 2. The summed E-state index contributed by atoms with van der Waals surface area (Å²) >= 11 is 0. The van der Waals surface area contributed by atoms with Crippen molar-refractivity contribution in [3.63, 3.8) is 0 Å². The highest BCUT2D eigenvalue weighted by atomic mass is 16.6. The average Bonchev–Trinajstić information content (AvgIpc) is 3.25. The highest BCUT2D eigenvalue weighted by Crippen LogP contribution is 2.15. The highest BCUT2D eigenvalue weighted by Gasteiger charge is 2.16. The van der Waals surface area contributed by atoms with E-state index in [-0.39, 0.29) is 25.2 Å². The van der Waals surface area contributed by atoms with Crippen molar-refractivity contribution in [2.45, 2.75) is 238 Å². The van der Waals surface area contributed by atoms with Crippen LogP contribution in [0.5, 0.6) is 0 Å². The number of aliphatic hydroxyl groups is 1. The van der Waals surface area contributed by atoms with Gasteiger partial charge < -0.3 is 14.6 Å². The number of hydrogen-bond donors (Lipinski definition) is 1. The van der Waals surface area contributed by atoms with Crippen molar-refractivity contribution in [2.24, 2.45) is 0 Å². The van der Waals surface area contributed by atoms with Crippen molar-refractivity contribution in [1.29, 1.82) is 0 Å². The summed E-state index contributed by atoms with van der Waals surface area (Å²) in [6, 6.07) is 0. The van der Waals surface area contributed by atoms with Gasteiger partial charge in [-0.2, -0.15) is 0 Å². The fourth-order valence-corrected chi connectivity index (χ4v) is 6.91. The molecular weight excluding hydrogens is 741 g/mol. The van der Waals surface area contributed by atoms with Crippen molar-refractivity contribution < 1.29 is 24.2 Å². The minimum atomic E-state index is -0.781. The molecular formula is C55H94O5. The molecule has 60 heavy (non-hydrogen) atoms. The molecule has 5 nitrogen and oxygen atoms in total. The number of carbonyl (C=O) groups excluding carboxylic acids is 2. The average molecular weight is 835 g/mol. The normalized spacial score (nSPS) is 12.9. The Morgan fingerprint density at radius 1 is 0.400 bits per heavy atom. The van der Waals surface area contributed by atoms with Crippen molar-refractivity contribution in [3.8, 4) is 0 Å². The number of allylic oxidation sites excluding steroid dienone is 14. The van der Waals surface area contributed by atoms with Gasteiger partial charge in [-0.25, -0.2) is 0 Å². The molecule has 344 valence electrons. The summed E-state index contributed by atoms with van der Waals surface area (Å²) in [5, 5.41) is 9.61. The Morgan fingerprint density at radius 3 is 1.08 bits per heavy atom. The van der Waals surface area contributed by atoms with Crippen LogP contribution in [-0.4, -0.2) is 36.4 Å². The van der Waals surface area contributed by atoms with Crippen LogP contribution in [0.4, 0.5) is 0 Å². The van der Waals surface area contributed by atoms with E-state index in [1.165, 1.54) is 122 Å². The van der Waals surface area contributed by atoms with Crippen LogP contribution in [0, 0.1) is 0 Å². The molecule has 0 aliphatic carbocycles. The van der Waals surface area contributed by atoms with Gasteiger partial charge in [0, 0.05) is 12.8 Å². The molecule has 1 N–H and O–H groups in total. The third-order valence-electron chi connectivity index (χ3n) is 10.7. The van der Waals surface area contributed by atoms with Gasteiger partial charge in [0.05, 0.1) is 6.61 Å². The molecule has 0 aromatic rings. The molecule has 0 rings (SSSR count). The molecule has 0 aliphatic heterocycles. The molecule has 0 saturated heterocycles. The SMILES string of the molecule is CC/C=C\C/C=C\C/C=C\C/C=C\C/C=C\CCCCCCCCCCCCCCCCCC(=O)OC(CO)COC(=O)CCCCCCC/C=C\C/C=C\CCCCC. The van der Waals surface area contributed by atoms with Gasteiger partial charge in [-0.15, -0.1) is 0 Å². The molecule has 0 spiro atoms. The van der Waals surface area contributed by atoms with Gasteiger partial charge >= 0.3 is 11.9 Å². The maximum Gasteiger partial charge on any atom is 0.306 e. The van der Waals surface area contributed by atoms with Gasteiger partial charge in [0.2, 0.25) is 0 Å². The Balaban J connectivity index is 3.51. The Kier molecular flexibility index (Phi) is 48.0. The largest absolute Gasteiger partial charge is 0.462 e. The van der Waals surface area contributed by atoms with Crippen LogP contribution < -0.4 is 0 Å². The molecule has 0 radical (unpaired) electrons. The van der Waals surface area contributed by atoms with Gasteiger partial charge in [0.25, 0.3) is 0 Å². The van der Waals surface area contributed by atoms with Crippen LogP contribution >= 0.6 is 0 Å². The van der Waals surface area contributed by atoms with Crippen molar-refractivity contribution >= 4 is 11.9 Å². The zero-order chi connectivity index (χ0) is 43.5. The molecule has 5 heteroatoms. The molecule has 1 atom stereocenters. The quantitative estimate of drug-likeness (QED) is 0.0376. The third-order valence-corrected chi connectivity index (χ3v) is 10.7. The summed E-state index contributed by atoms with van der Waals surface area (Å²) < 4.78 is 10.7.